The minimum Gasteiger partial charge on any atom is -0.376 e. The summed E-state index contributed by atoms with van der Waals surface area (Å²) in [5.74, 6) is 0. The van der Waals surface area contributed by atoms with Crippen molar-refractivity contribution in [2.24, 2.45) is 0 Å². The van der Waals surface area contributed by atoms with E-state index >= 15 is 0 Å². The first-order valence-electron chi connectivity index (χ1n) is 4.95. The Bertz CT molecular complexity index is 310. The van der Waals surface area contributed by atoms with E-state index in [-0.39, 0.29) is 0 Å². The minimum atomic E-state index is 1.03. The van der Waals surface area contributed by atoms with Gasteiger partial charge in [-0.05, 0) is 25.0 Å². The number of hydrogen-bond donors (Lipinski definition) is 0. The first-order valence-corrected chi connectivity index (χ1v) is 4.95. The molecular formula is C12H18N2. The van der Waals surface area contributed by atoms with Crippen molar-refractivity contribution in [3.05, 3.63) is 35.7 Å². The summed E-state index contributed by atoms with van der Waals surface area (Å²) >= 11 is 0. The van der Waals surface area contributed by atoms with Gasteiger partial charge in [-0.2, -0.15) is 0 Å². The Morgan fingerprint density at radius 3 is 2.57 bits per heavy atom. The van der Waals surface area contributed by atoms with Crippen LogP contribution < -0.4 is 0 Å². The van der Waals surface area contributed by atoms with Gasteiger partial charge in [0.25, 0.3) is 0 Å². The molecule has 1 aromatic rings. The molecule has 0 aliphatic heterocycles. The zero-order chi connectivity index (χ0) is 10.6. The minimum absolute atomic E-state index is 1.03. The van der Waals surface area contributed by atoms with E-state index in [9.17, 15) is 0 Å². The van der Waals surface area contributed by atoms with Crippen LogP contribution in [-0.4, -0.2) is 24.0 Å². The van der Waals surface area contributed by atoms with Gasteiger partial charge in [0.05, 0.1) is 11.4 Å². The van der Waals surface area contributed by atoms with Crippen LogP contribution >= 0.6 is 0 Å². The summed E-state index contributed by atoms with van der Waals surface area (Å²) < 4.78 is 0. The SMILES string of the molecule is CC/C=C(\c1ccc(C)cn1)N(C)C. The molecule has 0 atom stereocenters. The molecule has 0 aromatic carbocycles. The highest BCUT2D eigenvalue weighted by Gasteiger charge is 2.03. The average molecular weight is 190 g/mol. The molecule has 0 aliphatic carbocycles. The molecule has 0 bridgehead atoms. The second-order valence-corrected chi connectivity index (χ2v) is 3.61. The van der Waals surface area contributed by atoms with E-state index in [0.29, 0.717) is 0 Å². The summed E-state index contributed by atoms with van der Waals surface area (Å²) in [6.45, 7) is 4.19. The molecule has 0 amide bonds. The molecule has 0 fully saturated rings. The maximum atomic E-state index is 4.41. The van der Waals surface area contributed by atoms with E-state index in [1.54, 1.807) is 0 Å². The average Bonchev–Trinajstić information content (AvgIpc) is 2.15. The second-order valence-electron chi connectivity index (χ2n) is 3.61. The van der Waals surface area contributed by atoms with E-state index in [0.717, 1.165) is 12.1 Å². The number of aromatic nitrogens is 1. The van der Waals surface area contributed by atoms with Gasteiger partial charge in [-0.3, -0.25) is 4.98 Å². The predicted octanol–water partition coefficient (Wildman–Crippen LogP) is 2.70. The van der Waals surface area contributed by atoms with Crippen LogP contribution in [0.5, 0.6) is 0 Å². The van der Waals surface area contributed by atoms with Crippen LogP contribution in [0.3, 0.4) is 0 Å². The molecule has 0 radical (unpaired) electrons. The van der Waals surface area contributed by atoms with Crippen molar-refractivity contribution in [1.82, 2.24) is 9.88 Å². The molecule has 0 aliphatic rings. The second kappa shape index (κ2) is 4.80. The lowest BCUT2D eigenvalue weighted by molar-refractivity contribution is 0.587. The molecule has 0 unspecified atom stereocenters. The van der Waals surface area contributed by atoms with Crippen LogP contribution in [0.25, 0.3) is 5.70 Å². The molecule has 1 aromatic heterocycles. The predicted molar refractivity (Wildman–Crippen MR) is 60.9 cm³/mol. The number of nitrogens with zero attached hydrogens (tertiary/aromatic N) is 2. The fraction of sp³-hybridized carbons (Fsp3) is 0.417. The Morgan fingerprint density at radius 2 is 2.14 bits per heavy atom. The fourth-order valence-electron chi connectivity index (χ4n) is 1.33. The van der Waals surface area contributed by atoms with Gasteiger partial charge >= 0.3 is 0 Å². The maximum absolute atomic E-state index is 4.41. The zero-order valence-corrected chi connectivity index (χ0v) is 9.41. The molecule has 14 heavy (non-hydrogen) atoms. The highest BCUT2D eigenvalue weighted by molar-refractivity contribution is 5.60. The number of aryl methyl sites for hydroxylation is 1. The van der Waals surface area contributed by atoms with Crippen LogP contribution in [0.2, 0.25) is 0 Å². The number of allylic oxidation sites excluding steroid dienone is 1. The van der Waals surface area contributed by atoms with Crippen molar-refractivity contribution in [3.8, 4) is 0 Å². The van der Waals surface area contributed by atoms with Gasteiger partial charge in [-0.1, -0.05) is 19.1 Å². The Hall–Kier alpha value is -1.31. The quantitative estimate of drug-likeness (QED) is 0.728. The van der Waals surface area contributed by atoms with E-state index in [1.165, 1.54) is 11.3 Å². The Labute approximate surface area is 86.3 Å². The Balaban J connectivity index is 3.00. The van der Waals surface area contributed by atoms with Crippen LogP contribution in [0.15, 0.2) is 24.4 Å². The van der Waals surface area contributed by atoms with Gasteiger partial charge in [0, 0.05) is 20.3 Å². The van der Waals surface area contributed by atoms with Gasteiger partial charge in [-0.15, -0.1) is 0 Å². The number of pyridine rings is 1. The Morgan fingerprint density at radius 1 is 1.43 bits per heavy atom. The molecule has 0 saturated heterocycles. The standard InChI is InChI=1S/C12H18N2/c1-5-6-12(14(3)4)11-8-7-10(2)9-13-11/h6-9H,5H2,1-4H3/b12-6+. The van der Waals surface area contributed by atoms with E-state index in [1.807, 2.05) is 20.3 Å². The largest absolute Gasteiger partial charge is 0.376 e. The first-order chi connectivity index (χ1) is 6.65. The summed E-state index contributed by atoms with van der Waals surface area (Å²) in [4.78, 5) is 6.51. The smallest absolute Gasteiger partial charge is 0.0859 e. The molecule has 0 saturated carbocycles. The third-order valence-corrected chi connectivity index (χ3v) is 2.05. The molecular weight excluding hydrogens is 172 g/mol. The van der Waals surface area contributed by atoms with Crippen molar-refractivity contribution >= 4 is 5.70 Å². The van der Waals surface area contributed by atoms with Gasteiger partial charge in [-0.25, -0.2) is 0 Å². The van der Waals surface area contributed by atoms with Crippen molar-refractivity contribution in [2.45, 2.75) is 20.3 Å². The highest BCUT2D eigenvalue weighted by Crippen LogP contribution is 2.14. The molecule has 0 N–H and O–H groups in total. The Kier molecular flexibility index (Phi) is 3.69. The summed E-state index contributed by atoms with van der Waals surface area (Å²) in [5, 5.41) is 0. The van der Waals surface area contributed by atoms with Crippen molar-refractivity contribution < 1.29 is 0 Å². The third-order valence-electron chi connectivity index (χ3n) is 2.05. The van der Waals surface area contributed by atoms with Gasteiger partial charge in [0.1, 0.15) is 0 Å². The van der Waals surface area contributed by atoms with Gasteiger partial charge in [0.2, 0.25) is 0 Å². The third kappa shape index (κ3) is 2.59. The zero-order valence-electron chi connectivity index (χ0n) is 9.41. The fourth-order valence-corrected chi connectivity index (χ4v) is 1.33. The van der Waals surface area contributed by atoms with Crippen molar-refractivity contribution in [3.63, 3.8) is 0 Å². The first kappa shape index (κ1) is 10.8. The lowest BCUT2D eigenvalue weighted by Gasteiger charge is -2.16. The molecule has 0 spiro atoms. The summed E-state index contributed by atoms with van der Waals surface area (Å²) in [6.07, 6.45) is 5.13. The summed E-state index contributed by atoms with van der Waals surface area (Å²) in [5.41, 5.74) is 3.43. The molecule has 1 rings (SSSR count). The lowest BCUT2D eigenvalue weighted by atomic mass is 10.2. The number of rotatable bonds is 3. The lowest BCUT2D eigenvalue weighted by Crippen LogP contribution is -2.11. The summed E-state index contributed by atoms with van der Waals surface area (Å²) in [6, 6.07) is 4.16. The maximum Gasteiger partial charge on any atom is 0.0859 e. The molecule has 2 nitrogen and oxygen atoms in total. The normalized spacial score (nSPS) is 11.6. The van der Waals surface area contributed by atoms with E-state index in [4.69, 9.17) is 0 Å². The number of hydrogen-bond acceptors (Lipinski definition) is 2. The molecule has 1 heterocycles. The van der Waals surface area contributed by atoms with Gasteiger partial charge < -0.3 is 4.90 Å². The van der Waals surface area contributed by atoms with Crippen LogP contribution in [-0.2, 0) is 0 Å². The van der Waals surface area contributed by atoms with E-state index < -0.39 is 0 Å². The van der Waals surface area contributed by atoms with E-state index in [2.05, 4.69) is 41.9 Å². The van der Waals surface area contributed by atoms with Crippen LogP contribution in [0.1, 0.15) is 24.6 Å². The highest BCUT2D eigenvalue weighted by atomic mass is 15.1. The molecule has 2 heteroatoms. The molecule has 76 valence electrons. The van der Waals surface area contributed by atoms with Gasteiger partial charge in [0.15, 0.2) is 0 Å². The monoisotopic (exact) mass is 190 g/mol. The summed E-state index contributed by atoms with van der Waals surface area (Å²) in [7, 11) is 4.09. The topological polar surface area (TPSA) is 16.1 Å². The van der Waals surface area contributed by atoms with Crippen molar-refractivity contribution in [2.75, 3.05) is 14.1 Å². The van der Waals surface area contributed by atoms with Crippen LogP contribution in [0, 0.1) is 6.92 Å². The van der Waals surface area contributed by atoms with Crippen LogP contribution in [0.4, 0.5) is 0 Å². The van der Waals surface area contributed by atoms with Crippen molar-refractivity contribution in [1.29, 1.82) is 0 Å².